The molecular formula is C19H27BO2. The first kappa shape index (κ1) is 14.8. The van der Waals surface area contributed by atoms with Gasteiger partial charge < -0.3 is 9.31 Å². The molecule has 1 aromatic carbocycles. The number of hydrogen-bond donors (Lipinski definition) is 0. The van der Waals surface area contributed by atoms with Crippen LogP contribution in [0.4, 0.5) is 0 Å². The van der Waals surface area contributed by atoms with Crippen LogP contribution in [-0.4, -0.2) is 18.3 Å². The molecule has 0 atom stereocenters. The molecule has 0 N–H and O–H groups in total. The molecule has 4 aliphatic rings. The summed E-state index contributed by atoms with van der Waals surface area (Å²) < 4.78 is 12.8. The quantitative estimate of drug-likeness (QED) is 0.743. The zero-order chi connectivity index (χ0) is 16.0. The van der Waals surface area contributed by atoms with Gasteiger partial charge in [0.2, 0.25) is 0 Å². The fourth-order valence-corrected chi connectivity index (χ4v) is 5.02. The van der Waals surface area contributed by atoms with Crippen molar-refractivity contribution < 1.29 is 9.31 Å². The summed E-state index contributed by atoms with van der Waals surface area (Å²) in [6, 6.07) is 11.0. The Bertz CT molecular complexity index is 596. The van der Waals surface area contributed by atoms with Crippen molar-refractivity contribution in [3.63, 3.8) is 0 Å². The van der Waals surface area contributed by atoms with Crippen LogP contribution in [0, 0.1) is 5.41 Å². The minimum Gasteiger partial charge on any atom is -0.403 e. The van der Waals surface area contributed by atoms with Crippen molar-refractivity contribution in [1.82, 2.24) is 0 Å². The van der Waals surface area contributed by atoms with Gasteiger partial charge in [-0.25, -0.2) is 0 Å². The maximum atomic E-state index is 6.40. The van der Waals surface area contributed by atoms with Crippen LogP contribution in [0.15, 0.2) is 30.3 Å². The average molecular weight is 298 g/mol. The lowest BCUT2D eigenvalue weighted by Crippen LogP contribution is -2.78. The fraction of sp³-hybridized carbons (Fsp3) is 0.684. The molecule has 2 nitrogen and oxygen atoms in total. The Labute approximate surface area is 134 Å². The molecule has 1 heterocycles. The Balaban J connectivity index is 1.64. The van der Waals surface area contributed by atoms with Crippen molar-refractivity contribution in [3.05, 3.63) is 35.9 Å². The molecule has 2 bridgehead atoms. The molecule has 1 saturated heterocycles. The molecule has 1 aliphatic heterocycles. The van der Waals surface area contributed by atoms with E-state index in [-0.39, 0.29) is 29.0 Å². The minimum atomic E-state index is -0.233. The zero-order valence-corrected chi connectivity index (χ0v) is 14.7. The second-order valence-corrected chi connectivity index (χ2v) is 9.17. The van der Waals surface area contributed by atoms with Gasteiger partial charge in [0.05, 0.1) is 11.2 Å². The van der Waals surface area contributed by atoms with E-state index in [9.17, 15) is 0 Å². The van der Waals surface area contributed by atoms with E-state index in [0.29, 0.717) is 5.41 Å². The van der Waals surface area contributed by atoms with Crippen LogP contribution in [0.3, 0.4) is 0 Å². The maximum Gasteiger partial charge on any atom is 0.465 e. The molecule has 118 valence electrons. The van der Waals surface area contributed by atoms with E-state index >= 15 is 0 Å². The molecule has 0 amide bonds. The van der Waals surface area contributed by atoms with Gasteiger partial charge in [-0.05, 0) is 51.5 Å². The maximum absolute atomic E-state index is 6.40. The van der Waals surface area contributed by atoms with E-state index in [4.69, 9.17) is 9.31 Å². The van der Waals surface area contributed by atoms with Crippen molar-refractivity contribution in [2.75, 3.05) is 0 Å². The molecule has 3 aliphatic carbocycles. The predicted molar refractivity (Wildman–Crippen MR) is 89.9 cm³/mol. The van der Waals surface area contributed by atoms with Crippen molar-refractivity contribution in [3.8, 4) is 0 Å². The molecular weight excluding hydrogens is 271 g/mol. The van der Waals surface area contributed by atoms with Crippen molar-refractivity contribution in [1.29, 1.82) is 0 Å². The van der Waals surface area contributed by atoms with Gasteiger partial charge in [-0.3, -0.25) is 0 Å². The van der Waals surface area contributed by atoms with Crippen LogP contribution in [0.25, 0.3) is 0 Å². The van der Waals surface area contributed by atoms with Gasteiger partial charge in [0.1, 0.15) is 0 Å². The highest BCUT2D eigenvalue weighted by atomic mass is 16.7. The van der Waals surface area contributed by atoms with Crippen LogP contribution >= 0.6 is 0 Å². The van der Waals surface area contributed by atoms with Gasteiger partial charge >= 0.3 is 7.12 Å². The first-order chi connectivity index (χ1) is 10.1. The van der Waals surface area contributed by atoms with Crippen molar-refractivity contribution in [2.45, 2.75) is 76.3 Å². The Kier molecular flexibility index (Phi) is 2.56. The number of hydrogen-bond acceptors (Lipinski definition) is 2. The van der Waals surface area contributed by atoms with Gasteiger partial charge in [-0.15, -0.1) is 0 Å². The van der Waals surface area contributed by atoms with E-state index in [1.807, 2.05) is 0 Å². The van der Waals surface area contributed by atoms with Gasteiger partial charge in [-0.2, -0.15) is 0 Å². The summed E-state index contributed by atoms with van der Waals surface area (Å²) in [4.78, 5) is 0. The third-order valence-corrected chi connectivity index (χ3v) is 7.71. The monoisotopic (exact) mass is 298 g/mol. The van der Waals surface area contributed by atoms with E-state index in [2.05, 4.69) is 71.9 Å². The summed E-state index contributed by atoms with van der Waals surface area (Å²) in [7, 11) is -0.0712. The van der Waals surface area contributed by atoms with E-state index in [1.165, 1.54) is 18.4 Å². The standard InChI is InChI=1S/C19H27BO2/c1-15(2)18(14-10-8-7-9-11-14)12-19(15,13-18)20-21-16(3,4)17(5,6)22-20/h7-11H,12-13H2,1-6H3. The molecule has 1 aromatic rings. The van der Waals surface area contributed by atoms with Crippen LogP contribution in [0.2, 0.25) is 5.31 Å². The third-order valence-electron chi connectivity index (χ3n) is 7.71. The first-order valence-electron chi connectivity index (χ1n) is 8.49. The third kappa shape index (κ3) is 1.37. The molecule has 0 radical (unpaired) electrons. The fourth-order valence-electron chi connectivity index (χ4n) is 5.02. The average Bonchev–Trinajstić information content (AvgIpc) is 2.58. The van der Waals surface area contributed by atoms with E-state index in [0.717, 1.165) is 0 Å². The van der Waals surface area contributed by atoms with Crippen LogP contribution in [0.5, 0.6) is 0 Å². The summed E-state index contributed by atoms with van der Waals surface area (Å²) >= 11 is 0. The summed E-state index contributed by atoms with van der Waals surface area (Å²) in [5.41, 5.74) is 1.56. The molecule has 5 rings (SSSR count). The summed E-state index contributed by atoms with van der Waals surface area (Å²) in [5, 5.41) is 0.174. The lowest BCUT2D eigenvalue weighted by Gasteiger charge is -2.82. The molecule has 3 heteroatoms. The second-order valence-electron chi connectivity index (χ2n) is 9.17. The predicted octanol–water partition coefficient (Wildman–Crippen LogP) is 4.59. The van der Waals surface area contributed by atoms with Crippen molar-refractivity contribution >= 4 is 7.12 Å². The van der Waals surface area contributed by atoms with E-state index < -0.39 is 0 Å². The Hall–Kier alpha value is -0.795. The normalized spacial score (nSPS) is 40.0. The highest BCUT2D eigenvalue weighted by Gasteiger charge is 2.86. The molecule has 22 heavy (non-hydrogen) atoms. The molecule has 4 fully saturated rings. The number of benzene rings is 1. The van der Waals surface area contributed by atoms with Gasteiger partial charge in [-0.1, -0.05) is 44.2 Å². The highest BCUT2D eigenvalue weighted by molar-refractivity contribution is 6.51. The largest absolute Gasteiger partial charge is 0.465 e. The lowest BCUT2D eigenvalue weighted by molar-refractivity contribution is -0.192. The Morgan fingerprint density at radius 1 is 0.818 bits per heavy atom. The second kappa shape index (κ2) is 3.81. The lowest BCUT2D eigenvalue weighted by atomic mass is 9.13. The topological polar surface area (TPSA) is 18.5 Å². The van der Waals surface area contributed by atoms with Crippen LogP contribution in [-0.2, 0) is 14.7 Å². The van der Waals surface area contributed by atoms with Gasteiger partial charge in [0.15, 0.2) is 0 Å². The molecule has 0 unspecified atom stereocenters. The molecule has 0 aromatic heterocycles. The van der Waals surface area contributed by atoms with E-state index in [1.54, 1.807) is 0 Å². The first-order valence-corrected chi connectivity index (χ1v) is 8.49. The zero-order valence-electron chi connectivity index (χ0n) is 14.7. The summed E-state index contributed by atoms with van der Waals surface area (Å²) in [6.07, 6.45) is 2.38. The number of rotatable bonds is 2. The van der Waals surface area contributed by atoms with Crippen LogP contribution in [0.1, 0.15) is 59.9 Å². The van der Waals surface area contributed by atoms with Crippen molar-refractivity contribution in [2.24, 2.45) is 5.41 Å². The summed E-state index contributed by atoms with van der Waals surface area (Å²) in [6.45, 7) is 13.4. The van der Waals surface area contributed by atoms with Crippen LogP contribution < -0.4 is 0 Å². The summed E-state index contributed by atoms with van der Waals surface area (Å²) in [5.74, 6) is 0. The smallest absolute Gasteiger partial charge is 0.403 e. The molecule has 0 spiro atoms. The Morgan fingerprint density at radius 3 is 1.77 bits per heavy atom. The molecule has 3 saturated carbocycles. The highest BCUT2D eigenvalue weighted by Crippen LogP contribution is 2.90. The van der Waals surface area contributed by atoms with Gasteiger partial charge in [0.25, 0.3) is 0 Å². The minimum absolute atomic E-state index is 0.0712. The SMILES string of the molecule is CC1(C)OB(C23CC(c4ccccc4)(C2)C3(C)C)OC1(C)C. The Morgan fingerprint density at radius 2 is 1.32 bits per heavy atom. The van der Waals surface area contributed by atoms with Gasteiger partial charge in [0, 0.05) is 10.7 Å².